The van der Waals surface area contributed by atoms with Gasteiger partial charge in [-0.2, -0.15) is 0 Å². The van der Waals surface area contributed by atoms with Crippen molar-refractivity contribution in [1.29, 1.82) is 0 Å². The van der Waals surface area contributed by atoms with Crippen LogP contribution in [0.5, 0.6) is 0 Å². The van der Waals surface area contributed by atoms with Crippen molar-refractivity contribution in [3.05, 3.63) is 39.9 Å². The number of aromatic amines is 1. The van der Waals surface area contributed by atoms with E-state index in [1.165, 1.54) is 6.33 Å². The molecule has 0 fully saturated rings. The number of H-pyrrole nitrogens is 1. The van der Waals surface area contributed by atoms with Crippen LogP contribution in [0.3, 0.4) is 0 Å². The predicted octanol–water partition coefficient (Wildman–Crippen LogP) is 2.30. The van der Waals surface area contributed by atoms with Gasteiger partial charge in [-0.3, -0.25) is 4.79 Å². The first kappa shape index (κ1) is 12.1. The molecule has 96 valence electrons. The van der Waals surface area contributed by atoms with E-state index < -0.39 is 5.56 Å². The van der Waals surface area contributed by atoms with E-state index in [0.717, 1.165) is 11.8 Å². The third-order valence-corrected chi connectivity index (χ3v) is 3.66. The van der Waals surface area contributed by atoms with Crippen LogP contribution in [-0.4, -0.2) is 15.0 Å². The van der Waals surface area contributed by atoms with Crippen LogP contribution in [0.25, 0.3) is 11.1 Å². The summed E-state index contributed by atoms with van der Waals surface area (Å²) < 4.78 is 5.51. The molecule has 0 amide bonds. The van der Waals surface area contributed by atoms with E-state index in [0.29, 0.717) is 27.0 Å². The fourth-order valence-corrected chi connectivity index (χ4v) is 2.43. The maximum absolute atomic E-state index is 11.3. The Hall–Kier alpha value is -1.99. The number of benzene rings is 1. The minimum absolute atomic E-state index is 0.00858. The number of nitrogens with two attached hydrogens (primary N) is 1. The molecule has 0 saturated carbocycles. The van der Waals surface area contributed by atoms with E-state index in [9.17, 15) is 4.79 Å². The van der Waals surface area contributed by atoms with Gasteiger partial charge in [0.1, 0.15) is 15.6 Å². The molecule has 1 aromatic carbocycles. The van der Waals surface area contributed by atoms with Crippen molar-refractivity contribution in [3.63, 3.8) is 0 Å². The zero-order valence-corrected chi connectivity index (χ0v) is 11.0. The molecule has 8 heteroatoms. The molecule has 0 radical (unpaired) electrons. The second-order valence-corrected chi connectivity index (χ2v) is 4.98. The Bertz CT molecular complexity index is 814. The lowest BCUT2D eigenvalue weighted by molar-refractivity contribution is 0.489. The smallest absolute Gasteiger partial charge is 0.270 e. The zero-order valence-electron chi connectivity index (χ0n) is 9.38. The lowest BCUT2D eigenvalue weighted by atomic mass is 10.3. The van der Waals surface area contributed by atoms with Crippen molar-refractivity contribution < 1.29 is 4.42 Å². The quantitative estimate of drug-likeness (QED) is 0.556. The highest BCUT2D eigenvalue weighted by Crippen LogP contribution is 2.31. The number of nitrogens with zero attached hydrogens (tertiary/aromatic N) is 2. The largest absolute Gasteiger partial charge is 0.431 e. The highest BCUT2D eigenvalue weighted by Gasteiger charge is 2.13. The number of nitrogens with one attached hydrogen (secondary N) is 1. The summed E-state index contributed by atoms with van der Waals surface area (Å²) in [5, 5.41) is 0.694. The van der Waals surface area contributed by atoms with E-state index >= 15 is 0 Å². The first-order valence-electron chi connectivity index (χ1n) is 5.20. The van der Waals surface area contributed by atoms with Gasteiger partial charge >= 0.3 is 0 Å². The number of rotatable bonds is 2. The average molecular weight is 295 g/mol. The minimum Gasteiger partial charge on any atom is -0.431 e. The lowest BCUT2D eigenvalue weighted by Gasteiger charge is -1.96. The zero-order chi connectivity index (χ0) is 13.4. The second kappa shape index (κ2) is 4.60. The Kier molecular flexibility index (Phi) is 2.92. The molecule has 0 saturated heterocycles. The van der Waals surface area contributed by atoms with Crippen molar-refractivity contribution >= 4 is 40.1 Å². The molecule has 0 aliphatic rings. The van der Waals surface area contributed by atoms with Gasteiger partial charge < -0.3 is 15.1 Å². The van der Waals surface area contributed by atoms with Gasteiger partial charge in [-0.15, -0.1) is 0 Å². The van der Waals surface area contributed by atoms with Gasteiger partial charge in [0.15, 0.2) is 5.58 Å². The van der Waals surface area contributed by atoms with Gasteiger partial charge in [0.05, 0.1) is 6.33 Å². The first-order chi connectivity index (χ1) is 9.13. The number of fused-ring (bicyclic) bond motifs is 1. The topological polar surface area (TPSA) is 97.8 Å². The van der Waals surface area contributed by atoms with Crippen LogP contribution in [0, 0.1) is 0 Å². The summed E-state index contributed by atoms with van der Waals surface area (Å²) >= 11 is 6.93. The molecule has 3 N–H and O–H groups in total. The summed E-state index contributed by atoms with van der Waals surface area (Å²) in [6.07, 6.45) is 1.27. The van der Waals surface area contributed by atoms with E-state index in [1.54, 1.807) is 18.2 Å². The van der Waals surface area contributed by atoms with Crippen LogP contribution < -0.4 is 11.3 Å². The van der Waals surface area contributed by atoms with Gasteiger partial charge in [0.2, 0.25) is 0 Å². The number of oxazole rings is 1. The van der Waals surface area contributed by atoms with E-state index in [4.69, 9.17) is 21.8 Å². The number of hydrogen-bond donors (Lipinski definition) is 2. The molecule has 0 spiro atoms. The molecule has 6 nitrogen and oxygen atoms in total. The Morgan fingerprint density at radius 3 is 3.11 bits per heavy atom. The van der Waals surface area contributed by atoms with Gasteiger partial charge in [-0.05, 0) is 23.9 Å². The Balaban J connectivity index is 2.01. The normalized spacial score (nSPS) is 11.0. The predicted molar refractivity (Wildman–Crippen MR) is 72.4 cm³/mol. The molecule has 19 heavy (non-hydrogen) atoms. The van der Waals surface area contributed by atoms with Crippen molar-refractivity contribution in [2.24, 2.45) is 0 Å². The van der Waals surface area contributed by atoms with Crippen molar-refractivity contribution in [2.75, 3.05) is 5.73 Å². The summed E-state index contributed by atoms with van der Waals surface area (Å²) in [6.45, 7) is 0. The van der Waals surface area contributed by atoms with Gasteiger partial charge in [0, 0.05) is 11.8 Å². The van der Waals surface area contributed by atoms with Crippen molar-refractivity contribution in [2.45, 2.75) is 10.2 Å². The molecule has 0 aliphatic carbocycles. The van der Waals surface area contributed by atoms with Crippen LogP contribution in [0.15, 0.2) is 44.0 Å². The SMILES string of the molecule is Nc1ccc2nc(Sc3nc[nH]c(=O)c3Cl)oc2c1. The average Bonchev–Trinajstić information content (AvgIpc) is 2.76. The molecule has 0 unspecified atom stereocenters. The number of halogens is 1. The van der Waals surface area contributed by atoms with E-state index in [-0.39, 0.29) is 5.02 Å². The molecule has 3 aromatic rings. The molecule has 3 rings (SSSR count). The standard InChI is InChI=1S/C11H7ClN4O2S/c12-8-9(17)14-4-15-10(8)19-11-16-6-2-1-5(13)3-7(6)18-11/h1-4H,13H2,(H,14,15,17). The molecule has 2 aromatic heterocycles. The number of nitrogen functional groups attached to an aromatic ring is 1. The molecule has 0 bridgehead atoms. The Morgan fingerprint density at radius 1 is 1.42 bits per heavy atom. The fraction of sp³-hybridized carbons (Fsp3) is 0. The number of anilines is 1. The summed E-state index contributed by atoms with van der Waals surface area (Å²) in [7, 11) is 0. The molecular weight excluding hydrogens is 288 g/mol. The van der Waals surface area contributed by atoms with Gasteiger partial charge in [-0.25, -0.2) is 9.97 Å². The third-order valence-electron chi connectivity index (χ3n) is 2.34. The van der Waals surface area contributed by atoms with E-state index in [1.807, 2.05) is 0 Å². The van der Waals surface area contributed by atoms with Gasteiger partial charge in [0.25, 0.3) is 10.8 Å². The van der Waals surface area contributed by atoms with Crippen molar-refractivity contribution in [3.8, 4) is 0 Å². The lowest BCUT2D eigenvalue weighted by Crippen LogP contribution is -2.07. The highest BCUT2D eigenvalue weighted by molar-refractivity contribution is 7.99. The summed E-state index contributed by atoms with van der Waals surface area (Å²) in [5.74, 6) is 0. The van der Waals surface area contributed by atoms with Gasteiger partial charge in [-0.1, -0.05) is 11.6 Å². The fourth-order valence-electron chi connectivity index (χ4n) is 1.48. The summed E-state index contributed by atoms with van der Waals surface area (Å²) in [6, 6.07) is 5.17. The monoisotopic (exact) mass is 294 g/mol. The van der Waals surface area contributed by atoms with Crippen LogP contribution >= 0.6 is 23.4 Å². The molecule has 2 heterocycles. The van der Waals surface area contributed by atoms with Crippen molar-refractivity contribution in [1.82, 2.24) is 15.0 Å². The number of hydrogen-bond acceptors (Lipinski definition) is 6. The highest BCUT2D eigenvalue weighted by atomic mass is 35.5. The third kappa shape index (κ3) is 2.29. The summed E-state index contributed by atoms with van der Waals surface area (Å²) in [5.41, 5.74) is 7.09. The summed E-state index contributed by atoms with van der Waals surface area (Å²) in [4.78, 5) is 21.9. The van der Waals surface area contributed by atoms with E-state index in [2.05, 4.69) is 15.0 Å². The second-order valence-electron chi connectivity index (χ2n) is 3.66. The Labute approximate surface area is 116 Å². The number of aromatic nitrogens is 3. The first-order valence-corrected chi connectivity index (χ1v) is 6.40. The van der Waals surface area contributed by atoms with Crippen LogP contribution in [0.4, 0.5) is 5.69 Å². The minimum atomic E-state index is -0.403. The van der Waals surface area contributed by atoms with Crippen LogP contribution in [0.1, 0.15) is 0 Å². The van der Waals surface area contributed by atoms with Crippen LogP contribution in [-0.2, 0) is 0 Å². The van der Waals surface area contributed by atoms with Crippen LogP contribution in [0.2, 0.25) is 5.02 Å². The molecular formula is C11H7ClN4O2S. The maximum Gasteiger partial charge on any atom is 0.270 e. The Morgan fingerprint density at radius 2 is 2.26 bits per heavy atom. The maximum atomic E-state index is 11.3. The molecule has 0 aliphatic heterocycles. The molecule has 0 atom stereocenters.